The molecule has 0 radical (unpaired) electrons. The van der Waals surface area contributed by atoms with Crippen LogP contribution in [0.1, 0.15) is 12.0 Å². The average molecular weight is 244 g/mol. The smallest absolute Gasteiger partial charge is 0.227 e. The van der Waals surface area contributed by atoms with Crippen LogP contribution in [0.2, 0.25) is 0 Å². The minimum atomic E-state index is 0.195. The first kappa shape index (κ1) is 12.8. The monoisotopic (exact) mass is 244 g/mol. The number of carbonyl (C=O) groups excluding carboxylic acids is 1. The van der Waals surface area contributed by atoms with Gasteiger partial charge in [-0.1, -0.05) is 18.2 Å². The van der Waals surface area contributed by atoms with Crippen LogP contribution in [0, 0.1) is 5.92 Å². The van der Waals surface area contributed by atoms with Crippen LogP contribution in [-0.4, -0.2) is 31.4 Å². The minimum Gasteiger partial charge on any atom is -0.312 e. The van der Waals surface area contributed by atoms with E-state index in [0.29, 0.717) is 12.3 Å². The van der Waals surface area contributed by atoms with Gasteiger partial charge in [0.2, 0.25) is 5.91 Å². The van der Waals surface area contributed by atoms with Gasteiger partial charge in [0.05, 0.1) is 0 Å². The van der Waals surface area contributed by atoms with E-state index in [-0.39, 0.29) is 5.91 Å². The standard InChI is InChI=1S/C15H20N2O/c1-4-12-9-15(18)17(11-12)14-7-5-13(6-8-14)10-16(2)3/h4-8,12H,1,9-11H2,2-3H3. The molecule has 1 heterocycles. The van der Waals surface area contributed by atoms with E-state index in [1.54, 1.807) is 0 Å². The molecule has 0 saturated carbocycles. The van der Waals surface area contributed by atoms with Crippen molar-refractivity contribution in [3.05, 3.63) is 42.5 Å². The summed E-state index contributed by atoms with van der Waals surface area (Å²) in [5, 5.41) is 0. The van der Waals surface area contributed by atoms with E-state index < -0.39 is 0 Å². The highest BCUT2D eigenvalue weighted by atomic mass is 16.2. The van der Waals surface area contributed by atoms with Crippen molar-refractivity contribution in [3.63, 3.8) is 0 Å². The summed E-state index contributed by atoms with van der Waals surface area (Å²) >= 11 is 0. The Kier molecular flexibility index (Phi) is 3.82. The Morgan fingerprint density at radius 2 is 2.06 bits per heavy atom. The first-order valence-corrected chi connectivity index (χ1v) is 6.26. The van der Waals surface area contributed by atoms with Gasteiger partial charge in [-0.3, -0.25) is 4.79 Å². The average Bonchev–Trinajstić information content (AvgIpc) is 2.71. The van der Waals surface area contributed by atoms with Crippen LogP contribution in [0.4, 0.5) is 5.69 Å². The second-order valence-electron chi connectivity index (χ2n) is 5.11. The van der Waals surface area contributed by atoms with Gasteiger partial charge in [-0.05, 0) is 31.8 Å². The molecule has 1 amide bonds. The Labute approximate surface area is 109 Å². The highest BCUT2D eigenvalue weighted by Gasteiger charge is 2.28. The maximum atomic E-state index is 11.9. The van der Waals surface area contributed by atoms with Crippen molar-refractivity contribution >= 4 is 11.6 Å². The Bertz CT molecular complexity index is 436. The van der Waals surface area contributed by atoms with Crippen molar-refractivity contribution < 1.29 is 4.79 Å². The number of hydrogen-bond acceptors (Lipinski definition) is 2. The van der Waals surface area contributed by atoms with Gasteiger partial charge < -0.3 is 9.80 Å². The van der Waals surface area contributed by atoms with E-state index >= 15 is 0 Å². The number of benzene rings is 1. The Morgan fingerprint density at radius 1 is 1.39 bits per heavy atom. The molecule has 1 aromatic carbocycles. The van der Waals surface area contributed by atoms with Crippen LogP contribution in [0.25, 0.3) is 0 Å². The number of hydrogen-bond donors (Lipinski definition) is 0. The lowest BCUT2D eigenvalue weighted by atomic mass is 10.1. The molecule has 3 nitrogen and oxygen atoms in total. The van der Waals surface area contributed by atoms with Crippen molar-refractivity contribution in [1.29, 1.82) is 0 Å². The maximum Gasteiger partial charge on any atom is 0.227 e. The Morgan fingerprint density at radius 3 is 2.56 bits per heavy atom. The van der Waals surface area contributed by atoms with Crippen LogP contribution in [-0.2, 0) is 11.3 Å². The summed E-state index contributed by atoms with van der Waals surface area (Å²) in [4.78, 5) is 15.9. The molecule has 0 aromatic heterocycles. The summed E-state index contributed by atoms with van der Waals surface area (Å²) in [5.41, 5.74) is 2.25. The molecule has 3 heteroatoms. The lowest BCUT2D eigenvalue weighted by Gasteiger charge is -2.17. The minimum absolute atomic E-state index is 0.195. The zero-order valence-electron chi connectivity index (χ0n) is 11.1. The highest BCUT2D eigenvalue weighted by Crippen LogP contribution is 2.25. The van der Waals surface area contributed by atoms with Crippen LogP contribution in [0.15, 0.2) is 36.9 Å². The second kappa shape index (κ2) is 5.36. The van der Waals surface area contributed by atoms with Crippen LogP contribution >= 0.6 is 0 Å². The maximum absolute atomic E-state index is 11.9. The normalized spacial score (nSPS) is 19.6. The fourth-order valence-electron chi connectivity index (χ4n) is 2.29. The number of nitrogens with zero attached hydrogens (tertiary/aromatic N) is 2. The summed E-state index contributed by atoms with van der Waals surface area (Å²) in [6, 6.07) is 8.23. The molecule has 96 valence electrons. The lowest BCUT2D eigenvalue weighted by Crippen LogP contribution is -2.24. The largest absolute Gasteiger partial charge is 0.312 e. The van der Waals surface area contributed by atoms with E-state index in [0.717, 1.165) is 18.8 Å². The predicted octanol–water partition coefficient (Wildman–Crippen LogP) is 2.29. The molecule has 1 aliphatic heterocycles. The molecule has 0 bridgehead atoms. The van der Waals surface area contributed by atoms with Gasteiger partial charge in [-0.2, -0.15) is 0 Å². The van der Waals surface area contributed by atoms with E-state index in [2.05, 4.69) is 23.6 Å². The van der Waals surface area contributed by atoms with E-state index in [4.69, 9.17) is 0 Å². The molecule has 0 N–H and O–H groups in total. The van der Waals surface area contributed by atoms with Gasteiger partial charge in [0, 0.05) is 31.1 Å². The van der Waals surface area contributed by atoms with Gasteiger partial charge in [0.1, 0.15) is 0 Å². The number of carbonyl (C=O) groups is 1. The molecule has 0 aliphatic carbocycles. The summed E-state index contributed by atoms with van der Waals surface area (Å²) in [6.07, 6.45) is 2.46. The number of rotatable bonds is 4. The molecular formula is C15H20N2O. The van der Waals surface area contributed by atoms with Gasteiger partial charge >= 0.3 is 0 Å². The third-order valence-electron chi connectivity index (χ3n) is 3.24. The van der Waals surface area contributed by atoms with Crippen molar-refractivity contribution in [2.45, 2.75) is 13.0 Å². The number of amides is 1. The molecule has 18 heavy (non-hydrogen) atoms. The zero-order chi connectivity index (χ0) is 13.1. The quantitative estimate of drug-likeness (QED) is 0.759. The highest BCUT2D eigenvalue weighted by molar-refractivity contribution is 5.95. The van der Waals surface area contributed by atoms with Gasteiger partial charge in [0.15, 0.2) is 0 Å². The third kappa shape index (κ3) is 2.79. The first-order chi connectivity index (χ1) is 8.60. The van der Waals surface area contributed by atoms with Crippen LogP contribution in [0.3, 0.4) is 0 Å². The fraction of sp³-hybridized carbons (Fsp3) is 0.400. The molecule has 2 rings (SSSR count). The van der Waals surface area contributed by atoms with Crippen molar-refractivity contribution in [2.75, 3.05) is 25.5 Å². The third-order valence-corrected chi connectivity index (χ3v) is 3.24. The fourth-order valence-corrected chi connectivity index (χ4v) is 2.29. The molecule has 1 aliphatic rings. The summed E-state index contributed by atoms with van der Waals surface area (Å²) in [6.45, 7) is 5.45. The molecule has 1 fully saturated rings. The summed E-state index contributed by atoms with van der Waals surface area (Å²) in [5.74, 6) is 0.485. The van der Waals surface area contributed by atoms with Crippen LogP contribution < -0.4 is 4.90 Å². The van der Waals surface area contributed by atoms with Gasteiger partial charge in [-0.25, -0.2) is 0 Å². The topological polar surface area (TPSA) is 23.6 Å². The molecule has 1 unspecified atom stereocenters. The summed E-state index contributed by atoms with van der Waals surface area (Å²) < 4.78 is 0. The van der Waals surface area contributed by atoms with Crippen molar-refractivity contribution in [1.82, 2.24) is 4.90 Å². The van der Waals surface area contributed by atoms with Gasteiger partial charge in [-0.15, -0.1) is 6.58 Å². The van der Waals surface area contributed by atoms with Crippen molar-refractivity contribution in [3.8, 4) is 0 Å². The zero-order valence-corrected chi connectivity index (χ0v) is 11.1. The Hall–Kier alpha value is -1.61. The molecule has 0 spiro atoms. The predicted molar refractivity (Wildman–Crippen MR) is 74.5 cm³/mol. The molecule has 1 saturated heterocycles. The number of anilines is 1. The van der Waals surface area contributed by atoms with E-state index in [1.807, 2.05) is 37.2 Å². The van der Waals surface area contributed by atoms with E-state index in [9.17, 15) is 4.79 Å². The summed E-state index contributed by atoms with van der Waals surface area (Å²) in [7, 11) is 4.10. The SMILES string of the molecule is C=CC1CC(=O)N(c2ccc(CN(C)C)cc2)C1. The van der Waals surface area contributed by atoms with Crippen LogP contribution in [0.5, 0.6) is 0 Å². The molecular weight excluding hydrogens is 224 g/mol. The Balaban J connectivity index is 2.10. The second-order valence-corrected chi connectivity index (χ2v) is 5.11. The lowest BCUT2D eigenvalue weighted by molar-refractivity contribution is -0.117. The van der Waals surface area contributed by atoms with E-state index in [1.165, 1.54) is 5.56 Å². The molecule has 1 aromatic rings. The molecule has 1 atom stereocenters. The van der Waals surface area contributed by atoms with Gasteiger partial charge in [0.25, 0.3) is 0 Å². The first-order valence-electron chi connectivity index (χ1n) is 6.26. The van der Waals surface area contributed by atoms with Crippen molar-refractivity contribution in [2.24, 2.45) is 5.92 Å².